The SMILES string of the molecule is COc1cc(C2CC(=O)C3=C(C2)NC(=O)CC3c2ccccc2)cc(OC)c1OC. The van der Waals surface area contributed by atoms with Gasteiger partial charge in [-0.2, -0.15) is 0 Å². The van der Waals surface area contributed by atoms with Gasteiger partial charge in [-0.1, -0.05) is 30.3 Å². The van der Waals surface area contributed by atoms with Crippen LogP contribution in [0.3, 0.4) is 0 Å². The maximum Gasteiger partial charge on any atom is 0.225 e. The third-order valence-corrected chi connectivity index (χ3v) is 5.90. The standard InChI is InChI=1S/C24H25NO5/c1-28-20-11-16(12-21(29-2)24(20)30-3)15-9-18-23(19(26)10-15)17(13-22(27)25-18)14-7-5-4-6-8-14/h4-8,11-12,15,17H,9-10,13H2,1-3H3,(H,25,27). The summed E-state index contributed by atoms with van der Waals surface area (Å²) in [5, 5.41) is 2.96. The molecular weight excluding hydrogens is 382 g/mol. The summed E-state index contributed by atoms with van der Waals surface area (Å²) in [6.07, 6.45) is 1.24. The minimum Gasteiger partial charge on any atom is -0.493 e. The molecule has 2 atom stereocenters. The normalized spacial score (nSPS) is 21.0. The molecule has 2 aromatic carbocycles. The third kappa shape index (κ3) is 3.54. The van der Waals surface area contributed by atoms with Crippen LogP contribution in [0.4, 0.5) is 0 Å². The van der Waals surface area contributed by atoms with Crippen LogP contribution in [0.15, 0.2) is 53.7 Å². The molecule has 1 heterocycles. The Bertz CT molecular complexity index is 987. The number of amides is 1. The van der Waals surface area contributed by atoms with Crippen LogP contribution in [-0.4, -0.2) is 33.0 Å². The van der Waals surface area contributed by atoms with E-state index < -0.39 is 0 Å². The van der Waals surface area contributed by atoms with E-state index in [-0.39, 0.29) is 23.5 Å². The number of hydrogen-bond donors (Lipinski definition) is 1. The summed E-state index contributed by atoms with van der Waals surface area (Å²) in [4.78, 5) is 25.7. The maximum absolute atomic E-state index is 13.2. The Morgan fingerprint density at radius 2 is 1.50 bits per heavy atom. The lowest BCUT2D eigenvalue weighted by molar-refractivity contribution is -0.122. The second-order valence-corrected chi connectivity index (χ2v) is 7.59. The predicted octanol–water partition coefficient (Wildman–Crippen LogP) is 3.72. The fourth-order valence-electron chi connectivity index (χ4n) is 4.50. The van der Waals surface area contributed by atoms with E-state index in [2.05, 4.69) is 5.32 Å². The molecule has 1 aliphatic heterocycles. The zero-order valence-electron chi connectivity index (χ0n) is 17.4. The summed E-state index contributed by atoms with van der Waals surface area (Å²) in [5.41, 5.74) is 3.39. The zero-order chi connectivity index (χ0) is 21.3. The molecule has 1 aliphatic carbocycles. The number of nitrogens with one attached hydrogen (secondary N) is 1. The van der Waals surface area contributed by atoms with Gasteiger partial charge in [0.25, 0.3) is 0 Å². The van der Waals surface area contributed by atoms with E-state index >= 15 is 0 Å². The van der Waals surface area contributed by atoms with Crippen molar-refractivity contribution in [3.05, 3.63) is 64.9 Å². The van der Waals surface area contributed by atoms with Gasteiger partial charge in [0.1, 0.15) is 0 Å². The monoisotopic (exact) mass is 407 g/mol. The van der Waals surface area contributed by atoms with E-state index in [0.717, 1.165) is 22.4 Å². The number of ketones is 1. The summed E-state index contributed by atoms with van der Waals surface area (Å²) in [5.74, 6) is 1.36. The number of carbonyl (C=O) groups is 2. The Morgan fingerprint density at radius 1 is 0.833 bits per heavy atom. The van der Waals surface area contributed by atoms with Crippen LogP contribution < -0.4 is 19.5 Å². The minimum atomic E-state index is -0.191. The van der Waals surface area contributed by atoms with Gasteiger partial charge in [0.2, 0.25) is 11.7 Å². The zero-order valence-corrected chi connectivity index (χ0v) is 17.4. The molecule has 2 unspecified atom stereocenters. The van der Waals surface area contributed by atoms with Crippen molar-refractivity contribution in [2.75, 3.05) is 21.3 Å². The molecule has 0 spiro atoms. The molecule has 156 valence electrons. The lowest BCUT2D eigenvalue weighted by atomic mass is 9.73. The summed E-state index contributed by atoms with van der Waals surface area (Å²) in [6.45, 7) is 0. The summed E-state index contributed by atoms with van der Waals surface area (Å²) >= 11 is 0. The van der Waals surface area contributed by atoms with Crippen molar-refractivity contribution in [2.24, 2.45) is 0 Å². The number of ether oxygens (including phenoxy) is 3. The number of allylic oxidation sites excluding steroid dienone is 2. The van der Waals surface area contributed by atoms with Crippen LogP contribution in [0.25, 0.3) is 0 Å². The lowest BCUT2D eigenvalue weighted by Gasteiger charge is -2.34. The average Bonchev–Trinajstić information content (AvgIpc) is 2.77. The number of methoxy groups -OCH3 is 3. The first kappa shape index (κ1) is 20.0. The number of carbonyl (C=O) groups excluding carboxylic acids is 2. The molecule has 6 nitrogen and oxygen atoms in total. The molecule has 0 saturated carbocycles. The molecule has 1 N–H and O–H groups in total. The molecule has 1 amide bonds. The van der Waals surface area contributed by atoms with Crippen molar-refractivity contribution in [3.8, 4) is 17.2 Å². The maximum atomic E-state index is 13.2. The van der Waals surface area contributed by atoms with E-state index in [4.69, 9.17) is 14.2 Å². The largest absolute Gasteiger partial charge is 0.493 e. The van der Waals surface area contributed by atoms with Gasteiger partial charge in [-0.25, -0.2) is 0 Å². The summed E-state index contributed by atoms with van der Waals surface area (Å²) in [6, 6.07) is 13.5. The van der Waals surface area contributed by atoms with Gasteiger partial charge in [-0.15, -0.1) is 0 Å². The van der Waals surface area contributed by atoms with Crippen molar-refractivity contribution in [1.82, 2.24) is 5.32 Å². The van der Waals surface area contributed by atoms with E-state index in [1.54, 1.807) is 21.3 Å². The molecule has 2 aliphatic rings. The van der Waals surface area contributed by atoms with Crippen LogP contribution >= 0.6 is 0 Å². The highest BCUT2D eigenvalue weighted by atomic mass is 16.5. The van der Waals surface area contributed by atoms with E-state index in [0.29, 0.717) is 36.5 Å². The lowest BCUT2D eigenvalue weighted by Crippen LogP contribution is -2.38. The second-order valence-electron chi connectivity index (χ2n) is 7.59. The smallest absolute Gasteiger partial charge is 0.225 e. The highest BCUT2D eigenvalue weighted by Gasteiger charge is 2.38. The van der Waals surface area contributed by atoms with Crippen LogP contribution in [0.1, 0.15) is 42.2 Å². The van der Waals surface area contributed by atoms with Gasteiger partial charge in [0, 0.05) is 30.0 Å². The van der Waals surface area contributed by atoms with Crippen molar-refractivity contribution in [2.45, 2.75) is 31.1 Å². The van der Waals surface area contributed by atoms with Crippen molar-refractivity contribution in [1.29, 1.82) is 0 Å². The second kappa shape index (κ2) is 8.22. The first-order valence-corrected chi connectivity index (χ1v) is 9.96. The Hall–Kier alpha value is -3.28. The van der Waals surface area contributed by atoms with Gasteiger partial charge in [-0.3, -0.25) is 9.59 Å². The van der Waals surface area contributed by atoms with Crippen molar-refractivity contribution in [3.63, 3.8) is 0 Å². The molecule has 0 fully saturated rings. The van der Waals surface area contributed by atoms with Crippen LogP contribution in [0.5, 0.6) is 17.2 Å². The highest BCUT2D eigenvalue weighted by Crippen LogP contribution is 2.46. The Balaban J connectivity index is 1.72. The van der Waals surface area contributed by atoms with Gasteiger partial charge < -0.3 is 19.5 Å². The number of rotatable bonds is 5. The molecule has 0 saturated heterocycles. The van der Waals surface area contributed by atoms with Gasteiger partial charge >= 0.3 is 0 Å². The molecule has 30 heavy (non-hydrogen) atoms. The summed E-state index contributed by atoms with van der Waals surface area (Å²) in [7, 11) is 4.70. The molecule has 6 heteroatoms. The molecule has 0 radical (unpaired) electrons. The first-order chi connectivity index (χ1) is 14.5. The van der Waals surface area contributed by atoms with Crippen molar-refractivity contribution >= 4 is 11.7 Å². The Morgan fingerprint density at radius 3 is 2.10 bits per heavy atom. The molecular formula is C24H25NO5. The molecule has 4 rings (SSSR count). The van der Waals surface area contributed by atoms with E-state index in [1.807, 2.05) is 42.5 Å². The van der Waals surface area contributed by atoms with Gasteiger partial charge in [0.15, 0.2) is 17.3 Å². The minimum absolute atomic E-state index is 0.0547. The van der Waals surface area contributed by atoms with Gasteiger partial charge in [0.05, 0.1) is 21.3 Å². The number of Topliss-reactive ketones (excluding diaryl/α,β-unsaturated/α-hetero) is 1. The average molecular weight is 407 g/mol. The fraction of sp³-hybridized carbons (Fsp3) is 0.333. The van der Waals surface area contributed by atoms with Crippen LogP contribution in [0, 0.1) is 0 Å². The van der Waals surface area contributed by atoms with E-state index in [1.165, 1.54) is 0 Å². The summed E-state index contributed by atoms with van der Waals surface area (Å²) < 4.78 is 16.3. The Labute approximate surface area is 175 Å². The predicted molar refractivity (Wildman–Crippen MR) is 112 cm³/mol. The first-order valence-electron chi connectivity index (χ1n) is 9.96. The van der Waals surface area contributed by atoms with E-state index in [9.17, 15) is 9.59 Å². The van der Waals surface area contributed by atoms with Crippen LogP contribution in [-0.2, 0) is 9.59 Å². The number of hydrogen-bond acceptors (Lipinski definition) is 5. The third-order valence-electron chi connectivity index (χ3n) is 5.90. The Kier molecular flexibility index (Phi) is 5.48. The van der Waals surface area contributed by atoms with Crippen molar-refractivity contribution < 1.29 is 23.8 Å². The topological polar surface area (TPSA) is 73.9 Å². The fourth-order valence-corrected chi connectivity index (χ4v) is 4.50. The highest BCUT2D eigenvalue weighted by molar-refractivity contribution is 6.02. The number of benzene rings is 2. The van der Waals surface area contributed by atoms with Crippen LogP contribution in [0.2, 0.25) is 0 Å². The molecule has 0 bridgehead atoms. The molecule has 0 aromatic heterocycles. The quantitative estimate of drug-likeness (QED) is 0.818. The van der Waals surface area contributed by atoms with Gasteiger partial charge in [-0.05, 0) is 35.6 Å². The molecule has 2 aromatic rings.